The van der Waals surface area contributed by atoms with Gasteiger partial charge in [0.15, 0.2) is 5.76 Å². The highest BCUT2D eigenvalue weighted by Crippen LogP contribution is 2.33. The summed E-state index contributed by atoms with van der Waals surface area (Å²) in [5.41, 5.74) is 1.97. The lowest BCUT2D eigenvalue weighted by Gasteiger charge is -2.05. The monoisotopic (exact) mass is 374 g/mol. The molecule has 0 amide bonds. The Kier molecular flexibility index (Phi) is 4.24. The predicted molar refractivity (Wildman–Crippen MR) is 107 cm³/mol. The molecule has 0 aliphatic rings. The highest BCUT2D eigenvalue weighted by Gasteiger charge is 2.24. The number of para-hydroxylation sites is 1. The van der Waals surface area contributed by atoms with Gasteiger partial charge in [-0.2, -0.15) is 0 Å². The first-order valence-electron chi connectivity index (χ1n) is 8.77. The van der Waals surface area contributed by atoms with E-state index in [-0.39, 0.29) is 11.3 Å². The maximum atomic E-state index is 13.3. The van der Waals surface area contributed by atoms with Crippen molar-refractivity contribution in [2.45, 2.75) is 13.8 Å². The lowest BCUT2D eigenvalue weighted by molar-refractivity contribution is 0.430. The first-order chi connectivity index (χ1) is 13.5. The van der Waals surface area contributed by atoms with E-state index in [1.807, 2.05) is 49.4 Å². The average molecular weight is 374 g/mol. The fraction of sp³-hybridized carbons (Fsp3) is 0.0909. The molecule has 0 saturated heterocycles. The SMILES string of the molecule is Cc1ccc(-c2[nH]n(-c3ccccc3)c(=O)c2-c2oc(C)cc(=O)c2O)cc1. The molecule has 2 aromatic heterocycles. The maximum absolute atomic E-state index is 13.3. The number of aromatic hydroxyl groups is 1. The smallest absolute Gasteiger partial charge is 0.283 e. The van der Waals surface area contributed by atoms with E-state index in [1.54, 1.807) is 19.1 Å². The third kappa shape index (κ3) is 2.95. The number of nitrogens with zero attached hydrogens (tertiary/aromatic N) is 1. The molecular formula is C22H18N2O4. The summed E-state index contributed by atoms with van der Waals surface area (Å²) in [6.45, 7) is 3.56. The van der Waals surface area contributed by atoms with E-state index >= 15 is 0 Å². The molecule has 0 fully saturated rings. The van der Waals surface area contributed by atoms with E-state index in [0.29, 0.717) is 17.1 Å². The van der Waals surface area contributed by atoms with Crippen molar-refractivity contribution in [3.8, 4) is 34.0 Å². The summed E-state index contributed by atoms with van der Waals surface area (Å²) < 4.78 is 6.97. The minimum absolute atomic E-state index is 0.103. The Morgan fingerprint density at radius 3 is 2.32 bits per heavy atom. The van der Waals surface area contributed by atoms with Gasteiger partial charge in [0.25, 0.3) is 5.56 Å². The number of H-pyrrole nitrogens is 1. The largest absolute Gasteiger partial charge is 0.502 e. The quantitative estimate of drug-likeness (QED) is 0.571. The van der Waals surface area contributed by atoms with Crippen molar-refractivity contribution in [1.29, 1.82) is 0 Å². The number of hydrogen-bond donors (Lipinski definition) is 2. The molecule has 0 radical (unpaired) electrons. The van der Waals surface area contributed by atoms with Crippen LogP contribution in [0.3, 0.4) is 0 Å². The van der Waals surface area contributed by atoms with Crippen molar-refractivity contribution in [2.75, 3.05) is 0 Å². The molecule has 2 aromatic carbocycles. The molecule has 140 valence electrons. The standard InChI is InChI=1S/C22H18N2O4/c1-13-8-10-15(11-9-13)19-18(21-20(26)17(25)12-14(2)28-21)22(27)24(23-19)16-6-4-3-5-7-16/h3-12,23,26H,1-2H3. The predicted octanol–water partition coefficient (Wildman–Crippen LogP) is 3.78. The highest BCUT2D eigenvalue weighted by atomic mass is 16.4. The zero-order valence-electron chi connectivity index (χ0n) is 15.4. The zero-order valence-corrected chi connectivity index (χ0v) is 15.4. The molecule has 0 aliphatic heterocycles. The Hall–Kier alpha value is -3.80. The number of benzene rings is 2. The van der Waals surface area contributed by atoms with Crippen molar-refractivity contribution < 1.29 is 9.52 Å². The molecule has 28 heavy (non-hydrogen) atoms. The topological polar surface area (TPSA) is 88.2 Å². The second-order valence-corrected chi connectivity index (χ2v) is 6.60. The summed E-state index contributed by atoms with van der Waals surface area (Å²) in [4.78, 5) is 25.3. The van der Waals surface area contributed by atoms with Gasteiger partial charge in [-0.3, -0.25) is 14.7 Å². The third-order valence-corrected chi connectivity index (χ3v) is 4.52. The maximum Gasteiger partial charge on any atom is 0.283 e. The van der Waals surface area contributed by atoms with Crippen molar-refractivity contribution in [2.24, 2.45) is 0 Å². The van der Waals surface area contributed by atoms with Gasteiger partial charge in [0, 0.05) is 11.6 Å². The summed E-state index contributed by atoms with van der Waals surface area (Å²) in [7, 11) is 0. The van der Waals surface area contributed by atoms with Crippen LogP contribution in [0.2, 0.25) is 0 Å². The van der Waals surface area contributed by atoms with E-state index in [9.17, 15) is 14.7 Å². The fourth-order valence-corrected chi connectivity index (χ4v) is 3.11. The van der Waals surface area contributed by atoms with Gasteiger partial charge in [-0.15, -0.1) is 0 Å². The van der Waals surface area contributed by atoms with Gasteiger partial charge in [-0.25, -0.2) is 4.68 Å². The molecule has 0 aliphatic carbocycles. The van der Waals surface area contributed by atoms with E-state index in [4.69, 9.17) is 4.42 Å². The molecular weight excluding hydrogens is 356 g/mol. The van der Waals surface area contributed by atoms with Crippen LogP contribution in [-0.2, 0) is 0 Å². The molecule has 4 aromatic rings. The van der Waals surface area contributed by atoms with Crippen LogP contribution in [0, 0.1) is 13.8 Å². The van der Waals surface area contributed by atoms with Crippen LogP contribution in [0.5, 0.6) is 5.75 Å². The number of aromatic amines is 1. The number of nitrogens with one attached hydrogen (secondary N) is 1. The van der Waals surface area contributed by atoms with E-state index in [1.165, 1.54) is 10.7 Å². The van der Waals surface area contributed by atoms with Gasteiger partial charge in [0.1, 0.15) is 11.3 Å². The van der Waals surface area contributed by atoms with Crippen LogP contribution >= 0.6 is 0 Å². The summed E-state index contributed by atoms with van der Waals surface area (Å²) in [6, 6.07) is 17.8. The summed E-state index contributed by atoms with van der Waals surface area (Å²) in [6.07, 6.45) is 0. The molecule has 6 nitrogen and oxygen atoms in total. The normalized spacial score (nSPS) is 10.9. The minimum atomic E-state index is -0.597. The number of hydrogen-bond acceptors (Lipinski definition) is 4. The fourth-order valence-electron chi connectivity index (χ4n) is 3.11. The van der Waals surface area contributed by atoms with Gasteiger partial charge in [-0.05, 0) is 26.0 Å². The summed E-state index contributed by atoms with van der Waals surface area (Å²) in [5, 5.41) is 13.4. The van der Waals surface area contributed by atoms with Crippen LogP contribution in [0.1, 0.15) is 11.3 Å². The molecule has 0 saturated carbocycles. The Balaban J connectivity index is 2.07. The molecule has 0 spiro atoms. The lowest BCUT2D eigenvalue weighted by Crippen LogP contribution is -2.16. The van der Waals surface area contributed by atoms with E-state index in [0.717, 1.165) is 11.1 Å². The molecule has 4 rings (SSSR count). The second-order valence-electron chi connectivity index (χ2n) is 6.60. The summed E-state index contributed by atoms with van der Waals surface area (Å²) >= 11 is 0. The molecule has 0 unspecified atom stereocenters. The first-order valence-corrected chi connectivity index (χ1v) is 8.77. The van der Waals surface area contributed by atoms with Crippen LogP contribution in [-0.4, -0.2) is 14.9 Å². The van der Waals surface area contributed by atoms with E-state index < -0.39 is 16.7 Å². The molecule has 6 heteroatoms. The third-order valence-electron chi connectivity index (χ3n) is 4.52. The Morgan fingerprint density at radius 1 is 0.964 bits per heavy atom. The zero-order chi connectivity index (χ0) is 19.8. The van der Waals surface area contributed by atoms with Gasteiger partial charge < -0.3 is 9.52 Å². The van der Waals surface area contributed by atoms with Crippen molar-refractivity contribution in [3.63, 3.8) is 0 Å². The van der Waals surface area contributed by atoms with Gasteiger partial charge >= 0.3 is 0 Å². The number of rotatable bonds is 3. The first kappa shape index (κ1) is 17.6. The van der Waals surface area contributed by atoms with Crippen molar-refractivity contribution in [3.05, 3.63) is 92.6 Å². The molecule has 2 N–H and O–H groups in total. The Morgan fingerprint density at radius 2 is 1.64 bits per heavy atom. The minimum Gasteiger partial charge on any atom is -0.502 e. The molecule has 2 heterocycles. The number of aromatic nitrogens is 2. The van der Waals surface area contributed by atoms with Crippen molar-refractivity contribution >= 4 is 0 Å². The second kappa shape index (κ2) is 6.74. The van der Waals surface area contributed by atoms with Gasteiger partial charge in [0.05, 0.1) is 11.4 Å². The van der Waals surface area contributed by atoms with E-state index in [2.05, 4.69) is 5.10 Å². The van der Waals surface area contributed by atoms with Gasteiger partial charge in [-0.1, -0.05) is 48.0 Å². The van der Waals surface area contributed by atoms with Crippen LogP contribution in [0.4, 0.5) is 0 Å². The van der Waals surface area contributed by atoms with Gasteiger partial charge in [0.2, 0.25) is 11.2 Å². The van der Waals surface area contributed by atoms with Crippen LogP contribution in [0.15, 0.2) is 74.7 Å². The average Bonchev–Trinajstić information content (AvgIpc) is 3.03. The Bertz CT molecular complexity index is 1260. The number of aryl methyl sites for hydroxylation is 2. The molecule has 0 bridgehead atoms. The lowest BCUT2D eigenvalue weighted by atomic mass is 10.0. The van der Waals surface area contributed by atoms with Crippen molar-refractivity contribution in [1.82, 2.24) is 9.78 Å². The summed E-state index contributed by atoms with van der Waals surface area (Å²) in [5.74, 6) is -0.425. The van der Waals surface area contributed by atoms with Crippen LogP contribution < -0.4 is 11.0 Å². The highest BCUT2D eigenvalue weighted by molar-refractivity contribution is 5.80. The van der Waals surface area contributed by atoms with Crippen LogP contribution in [0.25, 0.3) is 28.3 Å². The molecule has 0 atom stereocenters. The Labute approximate surface area is 160 Å².